The second kappa shape index (κ2) is 5.12. The number of rotatable bonds is 3. The monoisotopic (exact) mass is 240 g/mol. The molecule has 0 aliphatic carbocycles. The molecule has 2 heterocycles. The van der Waals surface area contributed by atoms with E-state index in [0.717, 1.165) is 31.3 Å². The molecule has 90 valence electrons. The molecular weight excluding hydrogens is 220 g/mol. The lowest BCUT2D eigenvalue weighted by Gasteiger charge is -2.31. The van der Waals surface area contributed by atoms with Crippen LogP contribution in [0.15, 0.2) is 6.20 Å². The first kappa shape index (κ1) is 11.8. The number of thiazole rings is 1. The van der Waals surface area contributed by atoms with Crippen LogP contribution in [-0.4, -0.2) is 49.7 Å². The summed E-state index contributed by atoms with van der Waals surface area (Å²) in [6.07, 6.45) is 2.01. The zero-order valence-corrected chi connectivity index (χ0v) is 11.0. The first-order valence-corrected chi connectivity index (χ1v) is 6.54. The zero-order valence-electron chi connectivity index (χ0n) is 10.2. The molecule has 1 aromatic heterocycles. The third-order valence-corrected chi connectivity index (χ3v) is 3.91. The molecule has 0 radical (unpaired) electrons. The first-order chi connectivity index (χ1) is 7.65. The SMILES string of the molecule is C[C@@H]1CN(Cc2cnc(N(C)C)s2)CCN1. The fourth-order valence-electron chi connectivity index (χ4n) is 1.95. The van der Waals surface area contributed by atoms with Crippen molar-refractivity contribution < 1.29 is 0 Å². The first-order valence-electron chi connectivity index (χ1n) is 5.73. The number of anilines is 1. The van der Waals surface area contributed by atoms with Crippen molar-refractivity contribution in [1.82, 2.24) is 15.2 Å². The minimum absolute atomic E-state index is 0.606. The van der Waals surface area contributed by atoms with Gasteiger partial charge in [-0.3, -0.25) is 4.90 Å². The second-order valence-electron chi connectivity index (χ2n) is 4.59. The highest BCUT2D eigenvalue weighted by atomic mass is 32.1. The van der Waals surface area contributed by atoms with E-state index in [4.69, 9.17) is 0 Å². The van der Waals surface area contributed by atoms with Crippen LogP contribution < -0.4 is 10.2 Å². The van der Waals surface area contributed by atoms with Crippen molar-refractivity contribution in [1.29, 1.82) is 0 Å². The molecule has 0 unspecified atom stereocenters. The standard InChI is InChI=1S/C11H20N4S/c1-9-7-15(5-4-12-9)8-10-6-13-11(16-10)14(2)3/h6,9,12H,4-5,7-8H2,1-3H3/t9-/m1/s1. The average Bonchev–Trinajstić information content (AvgIpc) is 2.66. The van der Waals surface area contributed by atoms with Gasteiger partial charge in [0.05, 0.1) is 0 Å². The van der Waals surface area contributed by atoms with Crippen molar-refractivity contribution in [3.05, 3.63) is 11.1 Å². The van der Waals surface area contributed by atoms with E-state index in [-0.39, 0.29) is 0 Å². The maximum Gasteiger partial charge on any atom is 0.185 e. The van der Waals surface area contributed by atoms with Gasteiger partial charge in [0.2, 0.25) is 0 Å². The fourth-order valence-corrected chi connectivity index (χ4v) is 2.83. The molecule has 0 amide bonds. The summed E-state index contributed by atoms with van der Waals surface area (Å²) in [4.78, 5) is 10.3. The molecule has 2 rings (SSSR count). The summed E-state index contributed by atoms with van der Waals surface area (Å²) in [7, 11) is 4.07. The Morgan fingerprint density at radius 1 is 1.62 bits per heavy atom. The van der Waals surface area contributed by atoms with Crippen molar-refractivity contribution in [2.45, 2.75) is 19.5 Å². The molecule has 1 saturated heterocycles. The van der Waals surface area contributed by atoms with Crippen LogP contribution >= 0.6 is 11.3 Å². The van der Waals surface area contributed by atoms with Crippen LogP contribution in [0.4, 0.5) is 5.13 Å². The van der Waals surface area contributed by atoms with Crippen LogP contribution in [0, 0.1) is 0 Å². The van der Waals surface area contributed by atoms with Gasteiger partial charge in [0.1, 0.15) is 0 Å². The normalized spacial score (nSPS) is 22.3. The lowest BCUT2D eigenvalue weighted by Crippen LogP contribution is -2.48. The Bertz CT molecular complexity index is 336. The molecular formula is C11H20N4S. The van der Waals surface area contributed by atoms with E-state index >= 15 is 0 Å². The summed E-state index contributed by atoms with van der Waals surface area (Å²) in [6, 6.07) is 0.606. The maximum atomic E-state index is 4.40. The van der Waals surface area contributed by atoms with Crippen molar-refractivity contribution in [2.75, 3.05) is 38.6 Å². The van der Waals surface area contributed by atoms with Crippen molar-refractivity contribution in [2.24, 2.45) is 0 Å². The Morgan fingerprint density at radius 3 is 3.06 bits per heavy atom. The predicted octanol–water partition coefficient (Wildman–Crippen LogP) is 1.00. The molecule has 1 aromatic rings. The number of aromatic nitrogens is 1. The largest absolute Gasteiger partial charge is 0.354 e. The van der Waals surface area contributed by atoms with Gasteiger partial charge in [-0.1, -0.05) is 0 Å². The summed E-state index contributed by atoms with van der Waals surface area (Å²) in [5, 5.41) is 4.55. The summed E-state index contributed by atoms with van der Waals surface area (Å²) in [5.74, 6) is 0. The van der Waals surface area contributed by atoms with Crippen LogP contribution in [0.3, 0.4) is 0 Å². The molecule has 0 saturated carbocycles. The summed E-state index contributed by atoms with van der Waals surface area (Å²) in [6.45, 7) is 6.65. The van der Waals surface area contributed by atoms with Crippen LogP contribution in [-0.2, 0) is 6.54 Å². The fraction of sp³-hybridized carbons (Fsp3) is 0.727. The van der Waals surface area contributed by atoms with E-state index in [2.05, 4.69) is 27.0 Å². The van der Waals surface area contributed by atoms with Gasteiger partial charge >= 0.3 is 0 Å². The molecule has 0 spiro atoms. The number of hydrogen-bond donors (Lipinski definition) is 1. The van der Waals surface area contributed by atoms with Crippen LogP contribution in [0.5, 0.6) is 0 Å². The molecule has 0 aromatic carbocycles. The second-order valence-corrected chi connectivity index (χ2v) is 5.69. The average molecular weight is 240 g/mol. The Kier molecular flexibility index (Phi) is 3.78. The summed E-state index contributed by atoms with van der Waals surface area (Å²) in [5.41, 5.74) is 0. The van der Waals surface area contributed by atoms with Gasteiger partial charge in [-0.25, -0.2) is 4.98 Å². The molecule has 1 aliphatic rings. The Labute approximate surface area is 101 Å². The lowest BCUT2D eigenvalue weighted by molar-refractivity contribution is 0.201. The van der Waals surface area contributed by atoms with Crippen LogP contribution in [0.1, 0.15) is 11.8 Å². The maximum absolute atomic E-state index is 4.40. The molecule has 1 N–H and O–H groups in total. The lowest BCUT2D eigenvalue weighted by atomic mass is 10.2. The molecule has 1 aliphatic heterocycles. The van der Waals surface area contributed by atoms with E-state index in [1.807, 2.05) is 20.3 Å². The number of nitrogens with one attached hydrogen (secondary N) is 1. The van der Waals surface area contributed by atoms with E-state index in [9.17, 15) is 0 Å². The molecule has 1 atom stereocenters. The Morgan fingerprint density at radius 2 is 2.44 bits per heavy atom. The predicted molar refractivity (Wildman–Crippen MR) is 69.2 cm³/mol. The molecule has 16 heavy (non-hydrogen) atoms. The third-order valence-electron chi connectivity index (χ3n) is 2.76. The van der Waals surface area contributed by atoms with Crippen molar-refractivity contribution >= 4 is 16.5 Å². The Balaban J connectivity index is 1.92. The smallest absolute Gasteiger partial charge is 0.185 e. The van der Waals surface area contributed by atoms with E-state index in [0.29, 0.717) is 6.04 Å². The van der Waals surface area contributed by atoms with Gasteiger partial charge in [-0.05, 0) is 6.92 Å². The van der Waals surface area contributed by atoms with Crippen molar-refractivity contribution in [3.63, 3.8) is 0 Å². The van der Waals surface area contributed by atoms with E-state index in [1.54, 1.807) is 11.3 Å². The minimum Gasteiger partial charge on any atom is -0.354 e. The molecule has 5 heteroatoms. The van der Waals surface area contributed by atoms with Crippen LogP contribution in [0.2, 0.25) is 0 Å². The minimum atomic E-state index is 0.606. The van der Waals surface area contributed by atoms with Gasteiger partial charge in [-0.15, -0.1) is 11.3 Å². The number of hydrogen-bond acceptors (Lipinski definition) is 5. The third kappa shape index (κ3) is 2.93. The summed E-state index contributed by atoms with van der Waals surface area (Å²) >= 11 is 1.79. The number of piperazine rings is 1. The highest BCUT2D eigenvalue weighted by molar-refractivity contribution is 7.15. The zero-order chi connectivity index (χ0) is 11.5. The summed E-state index contributed by atoms with van der Waals surface area (Å²) < 4.78 is 0. The molecule has 4 nitrogen and oxygen atoms in total. The van der Waals surface area contributed by atoms with Crippen molar-refractivity contribution in [3.8, 4) is 0 Å². The van der Waals surface area contributed by atoms with E-state index in [1.165, 1.54) is 4.88 Å². The van der Waals surface area contributed by atoms with Gasteiger partial charge in [0, 0.05) is 57.4 Å². The molecule has 0 bridgehead atoms. The molecule has 1 fully saturated rings. The number of nitrogens with zero attached hydrogens (tertiary/aromatic N) is 3. The Hall–Kier alpha value is -0.650. The van der Waals surface area contributed by atoms with Gasteiger partial charge < -0.3 is 10.2 Å². The van der Waals surface area contributed by atoms with Gasteiger partial charge in [0.15, 0.2) is 5.13 Å². The highest BCUT2D eigenvalue weighted by Gasteiger charge is 2.16. The van der Waals surface area contributed by atoms with Crippen LogP contribution in [0.25, 0.3) is 0 Å². The van der Waals surface area contributed by atoms with E-state index < -0.39 is 0 Å². The van der Waals surface area contributed by atoms with Gasteiger partial charge in [0.25, 0.3) is 0 Å². The highest BCUT2D eigenvalue weighted by Crippen LogP contribution is 2.21. The quantitative estimate of drug-likeness (QED) is 0.854. The van der Waals surface area contributed by atoms with Gasteiger partial charge in [-0.2, -0.15) is 0 Å². The topological polar surface area (TPSA) is 31.4 Å².